The van der Waals surface area contributed by atoms with Crippen LogP contribution < -0.4 is 0 Å². The largest absolute Gasteiger partial charge is 0.468 e. The van der Waals surface area contributed by atoms with Gasteiger partial charge in [-0.1, -0.05) is 23.8 Å². The molecule has 0 N–H and O–H groups in total. The fourth-order valence-electron chi connectivity index (χ4n) is 2.53. The van der Waals surface area contributed by atoms with Gasteiger partial charge >= 0.3 is 11.9 Å². The predicted molar refractivity (Wildman–Crippen MR) is 72.4 cm³/mol. The van der Waals surface area contributed by atoms with E-state index in [1.54, 1.807) is 0 Å². The standard InChI is InChI=1S/C15H22O4/c1-11(2)10-12-6-5-8-15(9-7-12,13(16)18-3)14(17)19-4/h7H,1,5-6,8-10H2,2-4H3. The van der Waals surface area contributed by atoms with Crippen LogP contribution in [0.1, 0.15) is 39.0 Å². The van der Waals surface area contributed by atoms with Gasteiger partial charge in [-0.2, -0.15) is 0 Å². The highest BCUT2D eigenvalue weighted by Crippen LogP contribution is 2.37. The average Bonchev–Trinajstić information content (AvgIpc) is 2.60. The van der Waals surface area contributed by atoms with Crippen molar-refractivity contribution in [2.75, 3.05) is 14.2 Å². The van der Waals surface area contributed by atoms with Gasteiger partial charge in [-0.05, 0) is 39.0 Å². The second kappa shape index (κ2) is 6.55. The van der Waals surface area contributed by atoms with Crippen LogP contribution in [0.3, 0.4) is 0 Å². The molecule has 0 saturated carbocycles. The molecule has 0 radical (unpaired) electrons. The first kappa shape index (κ1) is 15.5. The Morgan fingerprint density at radius 2 is 1.89 bits per heavy atom. The smallest absolute Gasteiger partial charge is 0.323 e. The van der Waals surface area contributed by atoms with Gasteiger partial charge < -0.3 is 9.47 Å². The fourth-order valence-corrected chi connectivity index (χ4v) is 2.53. The molecule has 4 heteroatoms. The van der Waals surface area contributed by atoms with Gasteiger partial charge in [-0.15, -0.1) is 0 Å². The molecule has 1 rings (SSSR count). The molecule has 0 aromatic rings. The normalized spacial score (nSPS) is 17.9. The zero-order valence-electron chi connectivity index (χ0n) is 12.0. The van der Waals surface area contributed by atoms with Crippen molar-refractivity contribution in [1.29, 1.82) is 0 Å². The number of hydrogen-bond donors (Lipinski definition) is 0. The van der Waals surface area contributed by atoms with Gasteiger partial charge in [0.2, 0.25) is 0 Å². The summed E-state index contributed by atoms with van der Waals surface area (Å²) >= 11 is 0. The van der Waals surface area contributed by atoms with E-state index in [4.69, 9.17) is 9.47 Å². The molecule has 0 saturated heterocycles. The lowest BCUT2D eigenvalue weighted by molar-refractivity contribution is -0.169. The third kappa shape index (κ3) is 3.46. The van der Waals surface area contributed by atoms with Crippen LogP contribution in [0.25, 0.3) is 0 Å². The van der Waals surface area contributed by atoms with E-state index >= 15 is 0 Å². The van der Waals surface area contributed by atoms with Gasteiger partial charge in [-0.3, -0.25) is 9.59 Å². The second-order valence-electron chi connectivity index (χ2n) is 5.12. The second-order valence-corrected chi connectivity index (χ2v) is 5.12. The van der Waals surface area contributed by atoms with E-state index in [-0.39, 0.29) is 0 Å². The van der Waals surface area contributed by atoms with Gasteiger partial charge in [0.25, 0.3) is 0 Å². The Labute approximate surface area is 114 Å². The van der Waals surface area contributed by atoms with Crippen molar-refractivity contribution in [3.63, 3.8) is 0 Å². The summed E-state index contributed by atoms with van der Waals surface area (Å²) in [7, 11) is 2.60. The van der Waals surface area contributed by atoms with Gasteiger partial charge in [-0.25, -0.2) is 0 Å². The summed E-state index contributed by atoms with van der Waals surface area (Å²) in [4.78, 5) is 24.0. The maximum Gasteiger partial charge on any atom is 0.323 e. The molecule has 4 nitrogen and oxygen atoms in total. The number of carbonyl (C=O) groups excluding carboxylic acids is 2. The quantitative estimate of drug-likeness (QED) is 0.446. The maximum atomic E-state index is 12.0. The van der Waals surface area contributed by atoms with Crippen LogP contribution in [0.4, 0.5) is 0 Å². The van der Waals surface area contributed by atoms with E-state index in [1.807, 2.05) is 13.0 Å². The van der Waals surface area contributed by atoms with Crippen LogP contribution in [0.2, 0.25) is 0 Å². The molecule has 19 heavy (non-hydrogen) atoms. The molecule has 0 heterocycles. The van der Waals surface area contributed by atoms with Crippen molar-refractivity contribution in [2.24, 2.45) is 5.41 Å². The van der Waals surface area contributed by atoms with Crippen LogP contribution in [-0.2, 0) is 19.1 Å². The van der Waals surface area contributed by atoms with E-state index in [1.165, 1.54) is 19.8 Å². The molecule has 0 bridgehead atoms. The van der Waals surface area contributed by atoms with Gasteiger partial charge in [0.15, 0.2) is 5.41 Å². The Balaban J connectivity index is 3.00. The molecular weight excluding hydrogens is 244 g/mol. The minimum absolute atomic E-state index is 0.342. The lowest BCUT2D eigenvalue weighted by Crippen LogP contribution is -2.40. The number of esters is 2. The van der Waals surface area contributed by atoms with E-state index in [2.05, 4.69) is 6.58 Å². The minimum atomic E-state index is -1.18. The van der Waals surface area contributed by atoms with Crippen LogP contribution >= 0.6 is 0 Å². The van der Waals surface area contributed by atoms with Crippen molar-refractivity contribution < 1.29 is 19.1 Å². The van der Waals surface area contributed by atoms with Gasteiger partial charge in [0.05, 0.1) is 14.2 Å². The Hall–Kier alpha value is -1.58. The first-order valence-electron chi connectivity index (χ1n) is 6.45. The molecule has 106 valence electrons. The Kier molecular flexibility index (Phi) is 5.33. The van der Waals surface area contributed by atoms with Crippen molar-refractivity contribution in [1.82, 2.24) is 0 Å². The van der Waals surface area contributed by atoms with Gasteiger partial charge in [0, 0.05) is 0 Å². The summed E-state index contributed by atoms with van der Waals surface area (Å²) in [5, 5.41) is 0. The molecule has 1 aliphatic carbocycles. The predicted octanol–water partition coefficient (Wildman–Crippen LogP) is 2.79. The molecule has 0 spiro atoms. The zero-order chi connectivity index (χ0) is 14.5. The van der Waals surface area contributed by atoms with Crippen molar-refractivity contribution >= 4 is 11.9 Å². The van der Waals surface area contributed by atoms with Crippen LogP contribution in [0, 0.1) is 5.41 Å². The Morgan fingerprint density at radius 3 is 2.37 bits per heavy atom. The number of methoxy groups -OCH3 is 2. The number of carbonyl (C=O) groups is 2. The van der Waals surface area contributed by atoms with Crippen molar-refractivity contribution in [3.05, 3.63) is 23.8 Å². The number of allylic oxidation sites excluding steroid dienone is 3. The topological polar surface area (TPSA) is 52.6 Å². The van der Waals surface area contributed by atoms with Crippen LogP contribution in [-0.4, -0.2) is 26.2 Å². The molecule has 1 aliphatic rings. The summed E-state index contributed by atoms with van der Waals surface area (Å²) in [5.74, 6) is -1.01. The zero-order valence-corrected chi connectivity index (χ0v) is 12.0. The van der Waals surface area contributed by atoms with E-state index < -0.39 is 17.4 Å². The van der Waals surface area contributed by atoms with Crippen LogP contribution in [0.15, 0.2) is 23.8 Å². The summed E-state index contributed by atoms with van der Waals surface area (Å²) < 4.78 is 9.60. The third-order valence-electron chi connectivity index (χ3n) is 3.52. The third-order valence-corrected chi connectivity index (χ3v) is 3.52. The summed E-state index contributed by atoms with van der Waals surface area (Å²) in [5.41, 5.74) is 1.12. The van der Waals surface area contributed by atoms with Crippen molar-refractivity contribution in [3.8, 4) is 0 Å². The highest BCUT2D eigenvalue weighted by Gasteiger charge is 2.47. The van der Waals surface area contributed by atoms with E-state index in [0.29, 0.717) is 12.8 Å². The summed E-state index contributed by atoms with van der Waals surface area (Å²) in [6.07, 6.45) is 5.23. The van der Waals surface area contributed by atoms with Crippen molar-refractivity contribution in [2.45, 2.75) is 39.0 Å². The molecule has 0 unspecified atom stereocenters. The molecule has 0 aromatic carbocycles. The first-order chi connectivity index (χ1) is 8.96. The fraction of sp³-hybridized carbons (Fsp3) is 0.600. The molecule has 0 aliphatic heterocycles. The number of ether oxygens (including phenoxy) is 2. The van der Waals surface area contributed by atoms with E-state index in [9.17, 15) is 9.59 Å². The highest BCUT2D eigenvalue weighted by molar-refractivity contribution is 6.00. The minimum Gasteiger partial charge on any atom is -0.468 e. The van der Waals surface area contributed by atoms with Gasteiger partial charge in [0.1, 0.15) is 0 Å². The molecule has 0 amide bonds. The lowest BCUT2D eigenvalue weighted by atomic mass is 9.81. The first-order valence-corrected chi connectivity index (χ1v) is 6.45. The SMILES string of the molecule is C=C(C)CC1=CCC(C(=O)OC)(C(=O)OC)CCC1. The highest BCUT2D eigenvalue weighted by atomic mass is 16.5. The summed E-state index contributed by atoms with van der Waals surface area (Å²) in [6, 6.07) is 0. The average molecular weight is 266 g/mol. The molecule has 0 fully saturated rings. The maximum absolute atomic E-state index is 12.0. The van der Waals surface area contributed by atoms with E-state index in [0.717, 1.165) is 24.8 Å². The summed E-state index contributed by atoms with van der Waals surface area (Å²) in [6.45, 7) is 5.87. The molecular formula is C15H22O4. The monoisotopic (exact) mass is 266 g/mol. The number of hydrogen-bond acceptors (Lipinski definition) is 4. The Morgan fingerprint density at radius 1 is 1.32 bits per heavy atom. The molecule has 0 aromatic heterocycles. The Bertz CT molecular complexity index is 390. The van der Waals surface area contributed by atoms with Crippen LogP contribution in [0.5, 0.6) is 0 Å². The lowest BCUT2D eigenvalue weighted by Gasteiger charge is -2.25. The molecule has 0 atom stereocenters. The number of rotatable bonds is 4.